The van der Waals surface area contributed by atoms with E-state index in [1.165, 1.54) is 5.57 Å². The number of nitrogens with one attached hydrogen (secondary N) is 1. The number of hydrogen-bond donors (Lipinski definition) is 1. The summed E-state index contributed by atoms with van der Waals surface area (Å²) in [6.45, 7) is 28.4. The van der Waals surface area contributed by atoms with Crippen LogP contribution in [0, 0.1) is 69.0 Å². The van der Waals surface area contributed by atoms with Gasteiger partial charge in [0, 0.05) is 17.9 Å². The first-order chi connectivity index (χ1) is 28.4. The monoisotopic (exact) mass is 860 g/mol. The number of fused-ring (bicyclic) bond motifs is 3. The Kier molecular flexibility index (Phi) is 12.3. The molecule has 1 saturated heterocycles. The number of methoxy groups -OCH3 is 1. The van der Waals surface area contributed by atoms with Gasteiger partial charge in [-0.05, 0) is 115 Å². The standard InChI is InChI=1S/C52H77NO7S/c1-34(2)36(4)47(8)27-28-49(10)39-23-24-42-48(9)31-58-33-52(42,40(39)25-26-50(49,11)43(47)45(54)59-30-37-17-15-14-16-18-37)29-41(57-13)44(48)60-32-51(12,46(5,6)7)53-61(55,56)38-21-19-35(3)20-22-38/h14-22,25,34,36,39,41-44,53H,23-24,26-33H2,1-13H3/t36-,39+,41-,42+,43-,44+,47-,48-,49-,50+,51-,52+/m1/s1. The number of benzene rings is 2. The van der Waals surface area contributed by atoms with Crippen LogP contribution in [0.25, 0.3) is 0 Å². The van der Waals surface area contributed by atoms with Crippen LogP contribution in [-0.4, -0.2) is 59.1 Å². The van der Waals surface area contributed by atoms with Crippen molar-refractivity contribution in [1.29, 1.82) is 0 Å². The topological polar surface area (TPSA) is 100 Å². The zero-order valence-electron chi connectivity index (χ0n) is 39.7. The fraction of sp³-hybridized carbons (Fsp3) is 0.712. The number of allylic oxidation sites excluding steroid dienone is 1. The van der Waals surface area contributed by atoms with Crippen molar-refractivity contribution in [3.8, 4) is 0 Å². The Morgan fingerprint density at radius 3 is 2.21 bits per heavy atom. The predicted molar refractivity (Wildman–Crippen MR) is 242 cm³/mol. The highest BCUT2D eigenvalue weighted by Gasteiger charge is 2.72. The lowest BCUT2D eigenvalue weighted by Crippen LogP contribution is -2.70. The van der Waals surface area contributed by atoms with Gasteiger partial charge in [0.1, 0.15) is 6.61 Å². The summed E-state index contributed by atoms with van der Waals surface area (Å²) >= 11 is 0. The van der Waals surface area contributed by atoms with Crippen LogP contribution in [0.5, 0.6) is 0 Å². The van der Waals surface area contributed by atoms with Gasteiger partial charge in [-0.15, -0.1) is 0 Å². The molecule has 4 aliphatic carbocycles. The first-order valence-electron chi connectivity index (χ1n) is 23.2. The van der Waals surface area contributed by atoms with Gasteiger partial charge in [-0.3, -0.25) is 4.79 Å². The summed E-state index contributed by atoms with van der Waals surface area (Å²) in [4.78, 5) is 15.1. The van der Waals surface area contributed by atoms with Crippen LogP contribution in [0.4, 0.5) is 0 Å². The third kappa shape index (κ3) is 7.50. The van der Waals surface area contributed by atoms with Gasteiger partial charge in [0.25, 0.3) is 0 Å². The van der Waals surface area contributed by atoms with Crippen LogP contribution in [0.1, 0.15) is 126 Å². The molecule has 0 unspecified atom stereocenters. The van der Waals surface area contributed by atoms with Crippen LogP contribution in [-0.2, 0) is 40.4 Å². The molecule has 2 bridgehead atoms. The van der Waals surface area contributed by atoms with Gasteiger partial charge in [-0.25, -0.2) is 13.1 Å². The number of esters is 1. The Hall–Kier alpha value is -2.56. The van der Waals surface area contributed by atoms with Gasteiger partial charge in [0.2, 0.25) is 10.0 Å². The SMILES string of the molecule is CO[C@@H]1C[C@@]23COC[C@](C)([C@@H]2CC[C@H]2C3=CC[C@@]3(C)[C@H](C(=O)OCc4ccccc4)[C@@](C)([C@H](C)C(C)C)CC[C@]23C)[C@H]1OC[C@@](C)(NS(=O)(=O)c1ccc(C)cc1)C(C)(C)C. The van der Waals surface area contributed by atoms with Crippen molar-refractivity contribution in [3.05, 3.63) is 77.4 Å². The average Bonchev–Trinajstić information content (AvgIpc) is 3.19. The molecule has 61 heavy (non-hydrogen) atoms. The van der Waals surface area contributed by atoms with E-state index < -0.39 is 21.0 Å². The Labute approximate surface area is 368 Å². The predicted octanol–water partition coefficient (Wildman–Crippen LogP) is 10.7. The Morgan fingerprint density at radius 1 is 0.918 bits per heavy atom. The summed E-state index contributed by atoms with van der Waals surface area (Å²) in [5.41, 5.74) is 0.877. The van der Waals surface area contributed by atoms with Gasteiger partial charge >= 0.3 is 5.97 Å². The molecule has 8 nitrogen and oxygen atoms in total. The van der Waals surface area contributed by atoms with E-state index in [0.717, 1.165) is 49.7 Å². The van der Waals surface area contributed by atoms with E-state index in [2.05, 4.69) is 80.0 Å². The molecule has 9 heteroatoms. The zero-order chi connectivity index (χ0) is 44.6. The molecule has 7 rings (SSSR count). The lowest BCUT2D eigenvalue weighted by molar-refractivity contribution is -0.270. The fourth-order valence-corrected chi connectivity index (χ4v) is 15.2. The Morgan fingerprint density at radius 2 is 1.59 bits per heavy atom. The lowest BCUT2D eigenvalue weighted by atomic mass is 9.34. The third-order valence-electron chi connectivity index (χ3n) is 18.5. The lowest BCUT2D eigenvalue weighted by Gasteiger charge is -2.71. The van der Waals surface area contributed by atoms with Crippen molar-refractivity contribution in [2.24, 2.45) is 62.1 Å². The summed E-state index contributed by atoms with van der Waals surface area (Å²) in [6, 6.07) is 17.1. The zero-order valence-corrected chi connectivity index (χ0v) is 40.5. The van der Waals surface area contributed by atoms with E-state index in [0.29, 0.717) is 36.9 Å². The first-order valence-corrected chi connectivity index (χ1v) is 24.6. The molecule has 0 spiro atoms. The second kappa shape index (κ2) is 16.2. The molecule has 3 saturated carbocycles. The third-order valence-corrected chi connectivity index (χ3v) is 20.1. The molecule has 1 N–H and O–H groups in total. The molecule has 0 aromatic heterocycles. The van der Waals surface area contributed by atoms with Gasteiger partial charge in [-0.1, -0.05) is 129 Å². The van der Waals surface area contributed by atoms with Crippen molar-refractivity contribution in [2.45, 2.75) is 151 Å². The van der Waals surface area contributed by atoms with E-state index in [9.17, 15) is 13.2 Å². The Balaban J connectivity index is 1.21. The number of rotatable bonds is 12. The minimum Gasteiger partial charge on any atom is -0.461 e. The van der Waals surface area contributed by atoms with E-state index in [1.54, 1.807) is 19.2 Å². The highest BCUT2D eigenvalue weighted by atomic mass is 32.2. The van der Waals surface area contributed by atoms with Gasteiger partial charge in [-0.2, -0.15) is 0 Å². The van der Waals surface area contributed by atoms with Crippen molar-refractivity contribution in [2.75, 3.05) is 26.9 Å². The molecule has 0 amide bonds. The van der Waals surface area contributed by atoms with E-state index in [4.69, 9.17) is 18.9 Å². The maximum Gasteiger partial charge on any atom is 0.310 e. The van der Waals surface area contributed by atoms with Crippen LogP contribution in [0.15, 0.2) is 71.1 Å². The highest BCUT2D eigenvalue weighted by molar-refractivity contribution is 7.89. The molecule has 338 valence electrons. The molecule has 2 aromatic carbocycles. The number of carbonyl (C=O) groups excluding carboxylic acids is 1. The minimum atomic E-state index is -3.84. The molecule has 2 aromatic rings. The number of aryl methyl sites for hydroxylation is 1. The molecule has 4 fully saturated rings. The van der Waals surface area contributed by atoms with Crippen LogP contribution < -0.4 is 4.72 Å². The average molecular weight is 860 g/mol. The molecule has 1 heterocycles. The smallest absolute Gasteiger partial charge is 0.310 e. The van der Waals surface area contributed by atoms with Crippen molar-refractivity contribution in [1.82, 2.24) is 4.72 Å². The second-order valence-corrected chi connectivity index (χ2v) is 24.5. The van der Waals surface area contributed by atoms with Crippen LogP contribution in [0.2, 0.25) is 0 Å². The van der Waals surface area contributed by atoms with Gasteiger partial charge in [0.05, 0.1) is 48.4 Å². The second-order valence-electron chi connectivity index (χ2n) is 22.8. The summed E-state index contributed by atoms with van der Waals surface area (Å²) in [6.07, 6.45) is 7.74. The molecule has 5 aliphatic rings. The highest BCUT2D eigenvalue weighted by Crippen LogP contribution is 2.75. The van der Waals surface area contributed by atoms with Crippen LogP contribution in [0.3, 0.4) is 0 Å². The first kappa shape index (κ1) is 46.4. The summed E-state index contributed by atoms with van der Waals surface area (Å²) in [7, 11) is -2.04. The van der Waals surface area contributed by atoms with Crippen molar-refractivity contribution < 1.29 is 32.2 Å². The van der Waals surface area contributed by atoms with Gasteiger partial charge in [0.15, 0.2) is 0 Å². The largest absolute Gasteiger partial charge is 0.461 e. The normalized spacial score (nSPS) is 37.7. The van der Waals surface area contributed by atoms with Gasteiger partial charge < -0.3 is 18.9 Å². The molecule has 1 aliphatic heterocycles. The van der Waals surface area contributed by atoms with Crippen molar-refractivity contribution >= 4 is 16.0 Å². The summed E-state index contributed by atoms with van der Waals surface area (Å²) < 4.78 is 57.6. The summed E-state index contributed by atoms with van der Waals surface area (Å²) in [5.74, 6) is 1.06. The fourth-order valence-electron chi connectivity index (χ4n) is 13.6. The number of carbonyl (C=O) groups is 1. The maximum absolute atomic E-state index is 14.9. The number of sulfonamides is 1. The number of ether oxygens (including phenoxy) is 4. The van der Waals surface area contributed by atoms with E-state index in [-0.39, 0.29) is 69.3 Å². The van der Waals surface area contributed by atoms with Crippen molar-refractivity contribution in [3.63, 3.8) is 0 Å². The van der Waals surface area contributed by atoms with E-state index >= 15 is 0 Å². The summed E-state index contributed by atoms with van der Waals surface area (Å²) in [5, 5.41) is 0. The Bertz CT molecular complexity index is 2060. The molecule has 12 atom stereocenters. The minimum absolute atomic E-state index is 0.0509. The quantitative estimate of drug-likeness (QED) is 0.168. The molecule has 0 radical (unpaired) electrons. The molecular weight excluding hydrogens is 783 g/mol. The molecular formula is C52H77NO7S. The maximum atomic E-state index is 14.9. The van der Waals surface area contributed by atoms with Crippen LogP contribution >= 0.6 is 0 Å². The van der Waals surface area contributed by atoms with E-state index in [1.807, 2.05) is 56.3 Å². The number of hydrogen-bond acceptors (Lipinski definition) is 7.